The van der Waals surface area contributed by atoms with Crippen LogP contribution in [0.2, 0.25) is 0 Å². The van der Waals surface area contributed by atoms with Crippen molar-refractivity contribution in [1.82, 2.24) is 21.7 Å². The maximum Gasteiger partial charge on any atom is 0.321 e. The maximum absolute atomic E-state index is 10.4. The Morgan fingerprint density at radius 1 is 1.13 bits per heavy atom. The summed E-state index contributed by atoms with van der Waals surface area (Å²) in [5, 5.41) is 16.3. The Morgan fingerprint density at radius 3 is 1.80 bits per heavy atom. The van der Waals surface area contributed by atoms with E-state index in [-0.39, 0.29) is 0 Å². The minimum Gasteiger partial charge on any atom is -0.368 e. The van der Waals surface area contributed by atoms with Crippen LogP contribution in [-0.2, 0) is 19.3 Å². The van der Waals surface area contributed by atoms with Crippen LogP contribution in [0.3, 0.4) is 0 Å². The van der Waals surface area contributed by atoms with Crippen LogP contribution in [-0.4, -0.2) is 34.0 Å². The van der Waals surface area contributed by atoms with E-state index in [2.05, 4.69) is 9.68 Å². The molecule has 0 heterocycles. The number of rotatable bonds is 6. The summed E-state index contributed by atoms with van der Waals surface area (Å²) in [5.41, 5.74) is 5.85. The molecule has 10 nitrogen and oxygen atoms in total. The maximum atomic E-state index is 10.4. The van der Waals surface area contributed by atoms with Crippen LogP contribution < -0.4 is 16.4 Å². The smallest absolute Gasteiger partial charge is 0.321 e. The van der Waals surface area contributed by atoms with E-state index in [4.69, 9.17) is 10.4 Å². The first-order valence-electron chi connectivity index (χ1n) is 3.71. The zero-order chi connectivity index (χ0) is 11.8. The second-order valence-corrected chi connectivity index (χ2v) is 2.27. The largest absolute Gasteiger partial charge is 0.368 e. The highest BCUT2D eigenvalue weighted by Crippen LogP contribution is 1.78. The molecule has 0 unspecified atom stereocenters. The highest BCUT2D eigenvalue weighted by molar-refractivity contribution is 5.65. The van der Waals surface area contributed by atoms with Crippen LogP contribution in [0.25, 0.3) is 0 Å². The van der Waals surface area contributed by atoms with Crippen LogP contribution in [0.4, 0.5) is 0 Å². The molecule has 0 fully saturated rings. The van der Waals surface area contributed by atoms with Gasteiger partial charge in [0.05, 0.1) is 0 Å². The summed E-state index contributed by atoms with van der Waals surface area (Å²) >= 11 is 0. The molecular formula is C5H12N4O6. The van der Waals surface area contributed by atoms with Crippen molar-refractivity contribution < 1.29 is 29.7 Å². The van der Waals surface area contributed by atoms with Gasteiger partial charge in [-0.15, -0.1) is 11.0 Å². The molecule has 0 aromatic rings. The summed E-state index contributed by atoms with van der Waals surface area (Å²) in [5.74, 6) is -1.34. The zero-order valence-electron chi connectivity index (χ0n) is 8.05. The van der Waals surface area contributed by atoms with E-state index in [1.54, 1.807) is 0 Å². The Bertz CT molecular complexity index is 204. The van der Waals surface area contributed by atoms with Gasteiger partial charge in [0.2, 0.25) is 0 Å². The van der Waals surface area contributed by atoms with Crippen molar-refractivity contribution in [3.63, 3.8) is 0 Å². The number of hydroxylamine groups is 2. The van der Waals surface area contributed by atoms with Gasteiger partial charge in [-0.2, -0.15) is 5.43 Å². The van der Waals surface area contributed by atoms with Crippen molar-refractivity contribution in [2.75, 3.05) is 0 Å². The Hall–Kier alpha value is -1.30. The van der Waals surface area contributed by atoms with Crippen LogP contribution in [0.1, 0.15) is 13.8 Å². The molecule has 0 aliphatic rings. The van der Waals surface area contributed by atoms with Crippen LogP contribution in [0.5, 0.6) is 0 Å². The third-order valence-electron chi connectivity index (χ3n) is 0.886. The van der Waals surface area contributed by atoms with Gasteiger partial charge in [0.25, 0.3) is 0 Å². The second-order valence-electron chi connectivity index (χ2n) is 2.27. The molecule has 0 radical (unpaired) electrons. The average Bonchev–Trinajstić information content (AvgIpc) is 2.08. The van der Waals surface area contributed by atoms with Gasteiger partial charge in [0.1, 0.15) is 0 Å². The summed E-state index contributed by atoms with van der Waals surface area (Å²) in [7, 11) is 0. The van der Waals surface area contributed by atoms with Gasteiger partial charge in [0.15, 0.2) is 6.29 Å². The molecule has 0 aromatic heterocycles. The van der Waals surface area contributed by atoms with Gasteiger partial charge in [-0.1, -0.05) is 0 Å². The standard InChI is InChI=1S/C5H12N4O6/c1-3(10)14-7-5(6-9(12)13)8-15-4(2)11/h5-8,12-13H,1-2H3. The zero-order valence-corrected chi connectivity index (χ0v) is 8.05. The molecule has 15 heavy (non-hydrogen) atoms. The Kier molecular flexibility index (Phi) is 6.44. The number of hydrogen-bond donors (Lipinski definition) is 5. The number of hydrazine groups is 1. The second kappa shape index (κ2) is 7.05. The fourth-order valence-corrected chi connectivity index (χ4v) is 0.476. The highest BCUT2D eigenvalue weighted by atomic mass is 16.8. The third kappa shape index (κ3) is 9.01. The third-order valence-corrected chi connectivity index (χ3v) is 0.886. The first-order valence-corrected chi connectivity index (χ1v) is 3.71. The molecule has 0 amide bonds. The van der Waals surface area contributed by atoms with Gasteiger partial charge in [-0.3, -0.25) is 20.0 Å². The van der Waals surface area contributed by atoms with E-state index in [0.29, 0.717) is 0 Å². The molecule has 0 spiro atoms. The molecule has 0 atom stereocenters. The monoisotopic (exact) mass is 224 g/mol. The molecule has 0 rings (SSSR count). The molecule has 88 valence electrons. The lowest BCUT2D eigenvalue weighted by Crippen LogP contribution is -2.57. The quantitative estimate of drug-likeness (QED) is 0.254. The summed E-state index contributed by atoms with van der Waals surface area (Å²) < 4.78 is 0. The van der Waals surface area contributed by atoms with E-state index >= 15 is 0 Å². The van der Waals surface area contributed by atoms with Crippen LogP contribution in [0, 0.1) is 0 Å². The number of nitrogens with one attached hydrogen (secondary N) is 3. The molecule has 0 aromatic carbocycles. The number of carbonyl (C=O) groups excluding carboxylic acids is 2. The van der Waals surface area contributed by atoms with Crippen molar-refractivity contribution in [2.45, 2.75) is 20.1 Å². The van der Waals surface area contributed by atoms with Crippen LogP contribution >= 0.6 is 0 Å². The molecule has 0 saturated heterocycles. The summed E-state index contributed by atoms with van der Waals surface area (Å²) in [6.45, 7) is 2.23. The molecule has 0 bridgehead atoms. The Labute approximate surface area is 84.5 Å². The van der Waals surface area contributed by atoms with Crippen LogP contribution in [0.15, 0.2) is 0 Å². The first-order chi connectivity index (χ1) is 6.91. The van der Waals surface area contributed by atoms with Gasteiger partial charge < -0.3 is 9.68 Å². The molecule has 0 aliphatic carbocycles. The molecule has 10 heteroatoms. The Morgan fingerprint density at radius 2 is 1.53 bits per heavy atom. The average molecular weight is 224 g/mol. The van der Waals surface area contributed by atoms with Crippen molar-refractivity contribution in [2.24, 2.45) is 0 Å². The molecular weight excluding hydrogens is 212 g/mol. The fraction of sp³-hybridized carbons (Fsp3) is 0.600. The summed E-state index contributed by atoms with van der Waals surface area (Å²) in [4.78, 5) is 29.3. The topological polar surface area (TPSA) is 132 Å². The summed E-state index contributed by atoms with van der Waals surface area (Å²) in [6.07, 6.45) is -1.23. The predicted molar refractivity (Wildman–Crippen MR) is 42.1 cm³/mol. The van der Waals surface area contributed by atoms with Gasteiger partial charge >= 0.3 is 11.9 Å². The molecule has 5 N–H and O–H groups in total. The van der Waals surface area contributed by atoms with Gasteiger partial charge in [-0.05, 0) is 0 Å². The normalized spacial score (nSPS) is 10.5. The predicted octanol–water partition coefficient (Wildman–Crippen LogP) is -2.01. The van der Waals surface area contributed by atoms with Crippen molar-refractivity contribution >= 4 is 11.9 Å². The van der Waals surface area contributed by atoms with E-state index in [9.17, 15) is 9.59 Å². The molecule has 0 aliphatic heterocycles. The number of carbonyl (C=O) groups is 2. The van der Waals surface area contributed by atoms with E-state index in [0.717, 1.165) is 13.8 Å². The van der Waals surface area contributed by atoms with Crippen molar-refractivity contribution in [1.29, 1.82) is 0 Å². The van der Waals surface area contributed by atoms with E-state index in [1.165, 1.54) is 0 Å². The lowest BCUT2D eigenvalue weighted by Gasteiger charge is -2.20. The minimum atomic E-state index is -1.23. The summed E-state index contributed by atoms with van der Waals surface area (Å²) in [6, 6.07) is 0. The fourth-order valence-electron chi connectivity index (χ4n) is 0.476. The lowest BCUT2D eigenvalue weighted by atomic mass is 10.8. The number of nitrogens with zero attached hydrogens (tertiary/aromatic N) is 1. The first kappa shape index (κ1) is 13.7. The van der Waals surface area contributed by atoms with E-state index < -0.39 is 23.6 Å². The van der Waals surface area contributed by atoms with Crippen molar-refractivity contribution in [3.05, 3.63) is 0 Å². The SMILES string of the molecule is CC(=O)ONC(NOC(C)=O)NN(O)O. The highest BCUT2D eigenvalue weighted by Gasteiger charge is 2.12. The lowest BCUT2D eigenvalue weighted by molar-refractivity contribution is -0.355. The Balaban J connectivity index is 3.94. The molecule has 0 saturated carbocycles. The van der Waals surface area contributed by atoms with Gasteiger partial charge in [0, 0.05) is 19.2 Å². The van der Waals surface area contributed by atoms with Gasteiger partial charge in [-0.25, -0.2) is 0 Å². The number of hydrogen-bond acceptors (Lipinski definition) is 10. The minimum absolute atomic E-state index is 0.419. The van der Waals surface area contributed by atoms with Crippen molar-refractivity contribution in [3.8, 4) is 0 Å². The van der Waals surface area contributed by atoms with E-state index in [1.807, 2.05) is 16.4 Å².